The van der Waals surface area contributed by atoms with Gasteiger partial charge >= 0.3 is 6.18 Å². The molecule has 3 nitrogen and oxygen atoms in total. The number of aliphatic hydroxyl groups excluding tert-OH is 1. The van der Waals surface area contributed by atoms with E-state index in [1.807, 2.05) is 6.92 Å². The fraction of sp³-hybridized carbons (Fsp3) is 0.571. The molecule has 6 heteroatoms. The van der Waals surface area contributed by atoms with Crippen LogP contribution >= 0.6 is 0 Å². The Kier molecular flexibility index (Phi) is 6.45. The molecular formula is C14H20F3NO2. The van der Waals surface area contributed by atoms with Gasteiger partial charge < -0.3 is 15.2 Å². The van der Waals surface area contributed by atoms with Crippen LogP contribution in [0.3, 0.4) is 0 Å². The first kappa shape index (κ1) is 16.9. The molecule has 0 aliphatic heterocycles. The zero-order valence-corrected chi connectivity index (χ0v) is 11.6. The maximum Gasteiger partial charge on any atom is 0.416 e. The van der Waals surface area contributed by atoms with Gasteiger partial charge in [0.1, 0.15) is 0 Å². The molecule has 2 N–H and O–H groups in total. The first-order valence-electron chi connectivity index (χ1n) is 6.41. The number of hydrogen-bond donors (Lipinski definition) is 2. The van der Waals surface area contributed by atoms with Crippen molar-refractivity contribution >= 4 is 0 Å². The van der Waals surface area contributed by atoms with Crippen molar-refractivity contribution in [2.45, 2.75) is 31.6 Å². The van der Waals surface area contributed by atoms with Crippen LogP contribution in [0.4, 0.5) is 13.2 Å². The van der Waals surface area contributed by atoms with Gasteiger partial charge in [0.05, 0.1) is 18.2 Å². The minimum atomic E-state index is -4.36. The van der Waals surface area contributed by atoms with E-state index in [4.69, 9.17) is 9.84 Å². The molecule has 0 saturated heterocycles. The van der Waals surface area contributed by atoms with Gasteiger partial charge in [-0.15, -0.1) is 0 Å². The third-order valence-corrected chi connectivity index (χ3v) is 3.00. The van der Waals surface area contributed by atoms with Crippen molar-refractivity contribution < 1.29 is 23.0 Å². The number of alkyl halides is 3. The monoisotopic (exact) mass is 291 g/mol. The highest BCUT2D eigenvalue weighted by atomic mass is 19.4. The molecule has 0 spiro atoms. The van der Waals surface area contributed by atoms with Crippen molar-refractivity contribution in [1.29, 1.82) is 0 Å². The Hall–Kier alpha value is -1.11. The highest BCUT2D eigenvalue weighted by Gasteiger charge is 2.31. The molecule has 0 amide bonds. The molecule has 0 saturated carbocycles. The normalized spacial score (nSPS) is 15.1. The largest absolute Gasteiger partial charge is 0.416 e. The van der Waals surface area contributed by atoms with Crippen LogP contribution in [0.2, 0.25) is 0 Å². The molecule has 0 fully saturated rings. The van der Waals surface area contributed by atoms with E-state index in [1.54, 1.807) is 6.07 Å². The van der Waals surface area contributed by atoms with Gasteiger partial charge in [0.15, 0.2) is 0 Å². The quantitative estimate of drug-likeness (QED) is 0.811. The van der Waals surface area contributed by atoms with Crippen LogP contribution in [0.5, 0.6) is 0 Å². The van der Waals surface area contributed by atoms with Crippen LogP contribution < -0.4 is 5.32 Å². The molecule has 0 aliphatic carbocycles. The molecule has 2 atom stereocenters. The van der Waals surface area contributed by atoms with E-state index in [-0.39, 0.29) is 25.3 Å². The zero-order chi connectivity index (χ0) is 15.2. The summed E-state index contributed by atoms with van der Waals surface area (Å²) in [5.74, 6) is 0. The first-order valence-corrected chi connectivity index (χ1v) is 6.41. The SMILES string of the molecule is COCC(N[C@H](C)CCO)c1cccc(C(F)(F)F)c1. The summed E-state index contributed by atoms with van der Waals surface area (Å²) in [6, 6.07) is 4.84. The average Bonchev–Trinajstić information content (AvgIpc) is 2.38. The van der Waals surface area contributed by atoms with Gasteiger partial charge in [0.2, 0.25) is 0 Å². The third-order valence-electron chi connectivity index (χ3n) is 3.00. The highest BCUT2D eigenvalue weighted by molar-refractivity contribution is 5.28. The van der Waals surface area contributed by atoms with E-state index in [1.165, 1.54) is 13.2 Å². The van der Waals surface area contributed by atoms with Crippen LogP contribution in [0.1, 0.15) is 30.5 Å². The fourth-order valence-corrected chi connectivity index (χ4v) is 1.96. The summed E-state index contributed by atoms with van der Waals surface area (Å²) < 4.78 is 43.2. The number of benzene rings is 1. The second-order valence-corrected chi connectivity index (χ2v) is 4.71. The van der Waals surface area contributed by atoms with Crippen LogP contribution in [0, 0.1) is 0 Å². The number of methoxy groups -OCH3 is 1. The number of hydrogen-bond acceptors (Lipinski definition) is 3. The van der Waals surface area contributed by atoms with Gasteiger partial charge in [-0.25, -0.2) is 0 Å². The third kappa shape index (κ3) is 5.11. The predicted molar refractivity (Wildman–Crippen MR) is 70.4 cm³/mol. The predicted octanol–water partition coefficient (Wildman–Crippen LogP) is 2.75. The minimum absolute atomic E-state index is 0.0188. The molecule has 1 unspecified atom stereocenters. The zero-order valence-electron chi connectivity index (χ0n) is 11.6. The lowest BCUT2D eigenvalue weighted by Crippen LogP contribution is -2.33. The van der Waals surface area contributed by atoms with Crippen molar-refractivity contribution in [1.82, 2.24) is 5.32 Å². The molecule has 20 heavy (non-hydrogen) atoms. The molecule has 1 aromatic rings. The second kappa shape index (κ2) is 7.61. The smallest absolute Gasteiger partial charge is 0.396 e. The number of rotatable bonds is 7. The van der Waals surface area contributed by atoms with Crippen molar-refractivity contribution in [2.24, 2.45) is 0 Å². The number of ether oxygens (including phenoxy) is 1. The first-order chi connectivity index (χ1) is 9.38. The Morgan fingerprint density at radius 1 is 1.35 bits per heavy atom. The summed E-state index contributed by atoms with van der Waals surface area (Å²) in [4.78, 5) is 0. The van der Waals surface area contributed by atoms with Gasteiger partial charge in [-0.05, 0) is 31.0 Å². The molecule has 0 heterocycles. The molecule has 0 aliphatic rings. The summed E-state index contributed by atoms with van der Waals surface area (Å²) in [5, 5.41) is 12.0. The summed E-state index contributed by atoms with van der Waals surface area (Å²) in [7, 11) is 1.50. The van der Waals surface area contributed by atoms with Gasteiger partial charge in [-0.3, -0.25) is 0 Å². The van der Waals surface area contributed by atoms with Crippen LogP contribution in [0.25, 0.3) is 0 Å². The van der Waals surface area contributed by atoms with Gasteiger partial charge in [0, 0.05) is 19.8 Å². The summed E-state index contributed by atoms with van der Waals surface area (Å²) in [6.45, 7) is 2.15. The van der Waals surface area contributed by atoms with E-state index in [9.17, 15) is 13.2 Å². The van der Waals surface area contributed by atoms with Crippen molar-refractivity contribution in [3.63, 3.8) is 0 Å². The van der Waals surface area contributed by atoms with Crippen molar-refractivity contribution in [3.8, 4) is 0 Å². The number of halogens is 3. The van der Waals surface area contributed by atoms with Gasteiger partial charge in [-0.1, -0.05) is 12.1 Å². The lowest BCUT2D eigenvalue weighted by atomic mass is 10.0. The van der Waals surface area contributed by atoms with E-state index in [0.29, 0.717) is 12.0 Å². The summed E-state index contributed by atoms with van der Waals surface area (Å²) >= 11 is 0. The lowest BCUT2D eigenvalue weighted by molar-refractivity contribution is -0.137. The Balaban J connectivity index is 2.91. The maximum atomic E-state index is 12.7. The molecule has 0 aromatic heterocycles. The Bertz CT molecular complexity index is 410. The lowest BCUT2D eigenvalue weighted by Gasteiger charge is -2.23. The topological polar surface area (TPSA) is 41.5 Å². The standard InChI is InChI=1S/C14H20F3NO2/c1-10(6-7-19)18-13(9-20-2)11-4-3-5-12(8-11)14(15,16)17/h3-5,8,10,13,18-19H,6-7,9H2,1-2H3/t10-,13?/m1/s1. The highest BCUT2D eigenvalue weighted by Crippen LogP contribution is 2.30. The molecule has 0 radical (unpaired) electrons. The second-order valence-electron chi connectivity index (χ2n) is 4.71. The summed E-state index contributed by atoms with van der Waals surface area (Å²) in [5.41, 5.74) is -0.154. The molecule has 0 bridgehead atoms. The van der Waals surface area contributed by atoms with Crippen molar-refractivity contribution in [3.05, 3.63) is 35.4 Å². The van der Waals surface area contributed by atoms with Gasteiger partial charge in [0.25, 0.3) is 0 Å². The molecule has 1 rings (SSSR count). The van der Waals surface area contributed by atoms with Crippen LogP contribution in [-0.2, 0) is 10.9 Å². The number of nitrogens with one attached hydrogen (secondary N) is 1. The van der Waals surface area contributed by atoms with Crippen molar-refractivity contribution in [2.75, 3.05) is 20.3 Å². The maximum absolute atomic E-state index is 12.7. The molecule has 1 aromatic carbocycles. The van der Waals surface area contributed by atoms with Gasteiger partial charge in [-0.2, -0.15) is 13.2 Å². The van der Waals surface area contributed by atoms with E-state index < -0.39 is 11.7 Å². The Labute approximate surface area is 116 Å². The Morgan fingerprint density at radius 2 is 2.05 bits per heavy atom. The van der Waals surface area contributed by atoms with Crippen LogP contribution in [-0.4, -0.2) is 31.5 Å². The minimum Gasteiger partial charge on any atom is -0.396 e. The number of aliphatic hydroxyl groups is 1. The summed E-state index contributed by atoms with van der Waals surface area (Å²) in [6.07, 6.45) is -3.83. The van der Waals surface area contributed by atoms with Crippen LogP contribution in [0.15, 0.2) is 24.3 Å². The Morgan fingerprint density at radius 3 is 2.60 bits per heavy atom. The average molecular weight is 291 g/mol. The molecule has 114 valence electrons. The van der Waals surface area contributed by atoms with E-state index >= 15 is 0 Å². The van der Waals surface area contributed by atoms with E-state index in [0.717, 1.165) is 12.1 Å². The van der Waals surface area contributed by atoms with E-state index in [2.05, 4.69) is 5.32 Å². The fourth-order valence-electron chi connectivity index (χ4n) is 1.96. The molecular weight excluding hydrogens is 271 g/mol.